The van der Waals surface area contributed by atoms with Crippen molar-refractivity contribution in [3.8, 4) is 5.75 Å². The van der Waals surface area contributed by atoms with Crippen molar-refractivity contribution >= 4 is 28.2 Å². The second kappa shape index (κ2) is 8.66. The third kappa shape index (κ3) is 5.05. The number of piperidine rings is 1. The molecule has 11 heteroatoms. The Kier molecular flexibility index (Phi) is 7.54. The van der Waals surface area contributed by atoms with E-state index < -0.39 is 38.8 Å². The number of nitrogens with one attached hydrogen (secondary N) is 2. The minimum Gasteiger partial charge on any atom is -0.497 e. The number of carbonyl (C=O) groups is 1. The normalized spacial score (nSPS) is 16.9. The van der Waals surface area contributed by atoms with Gasteiger partial charge < -0.3 is 15.4 Å². The highest BCUT2D eigenvalue weighted by atomic mass is 35.5. The van der Waals surface area contributed by atoms with Crippen LogP contribution in [0.25, 0.3) is 0 Å². The van der Waals surface area contributed by atoms with Gasteiger partial charge in [-0.1, -0.05) is 6.07 Å². The molecule has 0 spiro atoms. The van der Waals surface area contributed by atoms with Gasteiger partial charge in [0.15, 0.2) is 14.6 Å². The lowest BCUT2D eigenvalue weighted by atomic mass is 9.95. The lowest BCUT2D eigenvalue weighted by molar-refractivity contribution is -0.138. The molecule has 1 aliphatic rings. The van der Waals surface area contributed by atoms with Gasteiger partial charge in [0.05, 0.1) is 12.7 Å². The molecule has 2 N–H and O–H groups in total. The summed E-state index contributed by atoms with van der Waals surface area (Å²) in [5.74, 6) is -0.733. The van der Waals surface area contributed by atoms with Crippen LogP contribution in [0.15, 0.2) is 18.2 Å². The molecule has 0 unspecified atom stereocenters. The van der Waals surface area contributed by atoms with E-state index in [1.54, 1.807) is 0 Å². The predicted molar refractivity (Wildman–Crippen MR) is 96.8 cm³/mol. The van der Waals surface area contributed by atoms with E-state index in [1.165, 1.54) is 19.2 Å². The van der Waals surface area contributed by atoms with Crippen LogP contribution in [0.5, 0.6) is 5.75 Å². The zero-order chi connectivity index (χ0) is 19.6. The van der Waals surface area contributed by atoms with Gasteiger partial charge in [-0.15, -0.1) is 12.4 Å². The number of methoxy groups -OCH3 is 1. The quantitative estimate of drug-likeness (QED) is 0.745. The van der Waals surface area contributed by atoms with Gasteiger partial charge in [-0.25, -0.2) is 8.42 Å². The fourth-order valence-electron chi connectivity index (χ4n) is 3.03. The number of hydrogen-bond acceptors (Lipinski definition) is 5. The van der Waals surface area contributed by atoms with Crippen LogP contribution in [0.2, 0.25) is 0 Å². The Morgan fingerprint density at radius 3 is 2.37 bits per heavy atom. The maximum Gasteiger partial charge on any atom is 0.416 e. The highest BCUT2D eigenvalue weighted by Crippen LogP contribution is 2.35. The van der Waals surface area contributed by atoms with Crippen molar-refractivity contribution < 1.29 is 31.1 Å². The van der Waals surface area contributed by atoms with Crippen LogP contribution in [0.4, 0.5) is 13.2 Å². The summed E-state index contributed by atoms with van der Waals surface area (Å²) in [6.45, 7) is 0.260. The third-order valence-electron chi connectivity index (χ3n) is 4.60. The molecule has 27 heavy (non-hydrogen) atoms. The number of amides is 1. The van der Waals surface area contributed by atoms with Crippen molar-refractivity contribution in [2.75, 3.05) is 26.5 Å². The lowest BCUT2D eigenvalue weighted by Gasteiger charge is -2.34. The molecule has 2 rings (SSSR count). The number of alkyl halides is 3. The van der Waals surface area contributed by atoms with E-state index in [4.69, 9.17) is 4.74 Å². The first-order valence-corrected chi connectivity index (χ1v) is 9.83. The number of hydrogen-bond donors (Lipinski definition) is 2. The third-order valence-corrected chi connectivity index (χ3v) is 6.61. The van der Waals surface area contributed by atoms with Crippen molar-refractivity contribution in [3.63, 3.8) is 0 Å². The molecule has 154 valence electrons. The lowest BCUT2D eigenvalue weighted by Crippen LogP contribution is -2.57. The maximum atomic E-state index is 13.2. The van der Waals surface area contributed by atoms with E-state index in [1.807, 2.05) is 0 Å². The van der Waals surface area contributed by atoms with Crippen LogP contribution >= 0.6 is 12.4 Å². The number of ether oxygens (including phenoxy) is 1. The molecule has 0 bridgehead atoms. The summed E-state index contributed by atoms with van der Waals surface area (Å²) in [4.78, 5) is 12.6. The largest absolute Gasteiger partial charge is 0.497 e. The number of rotatable bonds is 5. The van der Waals surface area contributed by atoms with Gasteiger partial charge in [0, 0.05) is 12.8 Å². The molecule has 1 heterocycles. The predicted octanol–water partition coefficient (Wildman–Crippen LogP) is 1.92. The maximum absolute atomic E-state index is 13.2. The average molecular weight is 431 g/mol. The standard InChI is InChI=1S/C16H21F3N2O4S.ClH/c1-25-12-4-3-11(13(9-12)16(17,18)19)10-21-14(22)15(26(2,23)24)5-7-20-8-6-15;/h3-4,9,20H,5-8,10H2,1-2H3,(H,21,22);1H. The molecule has 1 aliphatic heterocycles. The molecule has 1 fully saturated rings. The van der Waals surface area contributed by atoms with E-state index in [0.717, 1.165) is 12.3 Å². The highest BCUT2D eigenvalue weighted by Gasteiger charge is 2.48. The van der Waals surface area contributed by atoms with E-state index in [-0.39, 0.29) is 36.6 Å². The molecule has 0 aliphatic carbocycles. The van der Waals surface area contributed by atoms with Crippen molar-refractivity contribution in [1.29, 1.82) is 0 Å². The van der Waals surface area contributed by atoms with Crippen LogP contribution in [-0.4, -0.2) is 45.5 Å². The van der Waals surface area contributed by atoms with Gasteiger partial charge in [-0.05, 0) is 43.6 Å². The summed E-state index contributed by atoms with van der Waals surface area (Å²) >= 11 is 0. The van der Waals surface area contributed by atoms with Gasteiger partial charge in [0.25, 0.3) is 0 Å². The SMILES string of the molecule is COc1ccc(CNC(=O)C2(S(C)(=O)=O)CCNCC2)c(C(F)(F)F)c1.Cl. The van der Waals surface area contributed by atoms with E-state index in [0.29, 0.717) is 13.1 Å². The van der Waals surface area contributed by atoms with E-state index in [9.17, 15) is 26.4 Å². The average Bonchev–Trinajstić information content (AvgIpc) is 2.58. The topological polar surface area (TPSA) is 84.5 Å². The summed E-state index contributed by atoms with van der Waals surface area (Å²) in [7, 11) is -2.48. The van der Waals surface area contributed by atoms with E-state index in [2.05, 4.69) is 10.6 Å². The van der Waals surface area contributed by atoms with Gasteiger partial charge in [0.1, 0.15) is 5.75 Å². The van der Waals surface area contributed by atoms with Gasteiger partial charge >= 0.3 is 6.18 Å². The first-order valence-electron chi connectivity index (χ1n) is 7.94. The fourth-order valence-corrected chi connectivity index (χ4v) is 4.39. The second-order valence-corrected chi connectivity index (χ2v) is 8.55. The van der Waals surface area contributed by atoms with Crippen LogP contribution in [0.1, 0.15) is 24.0 Å². The summed E-state index contributed by atoms with van der Waals surface area (Å²) in [5, 5.41) is 5.35. The van der Waals surface area contributed by atoms with Crippen molar-refractivity contribution in [2.45, 2.75) is 30.3 Å². The van der Waals surface area contributed by atoms with E-state index >= 15 is 0 Å². The number of benzene rings is 1. The molecule has 1 saturated heterocycles. The Bertz CT molecular complexity index is 778. The Morgan fingerprint density at radius 2 is 1.89 bits per heavy atom. The first-order chi connectivity index (χ1) is 12.0. The van der Waals surface area contributed by atoms with Crippen LogP contribution < -0.4 is 15.4 Å². The minimum atomic E-state index is -4.63. The molecule has 1 amide bonds. The molecule has 0 radical (unpaired) electrons. The summed E-state index contributed by atoms with van der Waals surface area (Å²) < 4.78 is 67.3. The first kappa shape index (κ1) is 23.5. The Balaban J connectivity index is 0.00000364. The summed E-state index contributed by atoms with van der Waals surface area (Å²) in [6, 6.07) is 3.41. The zero-order valence-electron chi connectivity index (χ0n) is 14.9. The number of sulfone groups is 1. The molecule has 0 aromatic heterocycles. The van der Waals surface area contributed by atoms with Crippen molar-refractivity contribution in [1.82, 2.24) is 10.6 Å². The number of halogens is 4. The second-order valence-electron chi connectivity index (χ2n) is 6.22. The fraction of sp³-hybridized carbons (Fsp3) is 0.562. The molecule has 0 saturated carbocycles. The van der Waals surface area contributed by atoms with Gasteiger partial charge in [-0.3, -0.25) is 4.79 Å². The molecule has 1 aromatic rings. The summed E-state index contributed by atoms with van der Waals surface area (Å²) in [5.41, 5.74) is -1.10. The van der Waals surface area contributed by atoms with Gasteiger partial charge in [-0.2, -0.15) is 13.2 Å². The molecule has 1 aromatic carbocycles. The summed E-state index contributed by atoms with van der Waals surface area (Å²) in [6.07, 6.45) is -3.50. The van der Waals surface area contributed by atoms with Gasteiger partial charge in [0.2, 0.25) is 5.91 Å². The van der Waals surface area contributed by atoms with Crippen LogP contribution in [-0.2, 0) is 27.4 Å². The Labute approximate surface area is 162 Å². The highest BCUT2D eigenvalue weighted by molar-refractivity contribution is 7.92. The smallest absolute Gasteiger partial charge is 0.416 e. The minimum absolute atomic E-state index is 0. The molecular weight excluding hydrogens is 409 g/mol. The zero-order valence-corrected chi connectivity index (χ0v) is 16.5. The van der Waals surface area contributed by atoms with Crippen LogP contribution in [0, 0.1) is 0 Å². The Morgan fingerprint density at radius 1 is 1.30 bits per heavy atom. The van der Waals surface area contributed by atoms with Crippen molar-refractivity contribution in [3.05, 3.63) is 29.3 Å². The monoisotopic (exact) mass is 430 g/mol. The van der Waals surface area contributed by atoms with Crippen LogP contribution in [0.3, 0.4) is 0 Å². The Hall–Kier alpha value is -1.52. The molecule has 0 atom stereocenters. The molecule has 6 nitrogen and oxygen atoms in total. The van der Waals surface area contributed by atoms with Crippen molar-refractivity contribution in [2.24, 2.45) is 0 Å². The number of carbonyl (C=O) groups excluding carboxylic acids is 1. The molecular formula is C16H22ClF3N2O4S.